The second kappa shape index (κ2) is 8.26. The maximum atomic E-state index is 12.5. The molecule has 3 rings (SSSR count). The third-order valence-corrected chi connectivity index (χ3v) is 6.71. The molecule has 10 heteroatoms. The molecule has 0 amide bonds. The Kier molecular flexibility index (Phi) is 5.97. The average Bonchev–Trinajstić information content (AvgIpc) is 3.22. The van der Waals surface area contributed by atoms with Crippen molar-refractivity contribution in [2.75, 3.05) is 25.0 Å². The van der Waals surface area contributed by atoms with Gasteiger partial charge in [0.25, 0.3) is 5.69 Å². The molecule has 0 radical (unpaired) electrons. The zero-order valence-electron chi connectivity index (χ0n) is 14.8. The van der Waals surface area contributed by atoms with Crippen molar-refractivity contribution >= 4 is 38.8 Å². The lowest BCUT2D eigenvalue weighted by atomic mass is 10.1. The van der Waals surface area contributed by atoms with Crippen molar-refractivity contribution in [3.8, 4) is 0 Å². The summed E-state index contributed by atoms with van der Waals surface area (Å²) in [5.74, 6) is -0.264. The minimum atomic E-state index is -3.52. The monoisotopic (exact) mass is 423 g/mol. The Labute approximate surface area is 167 Å². The molecule has 2 aromatic rings. The van der Waals surface area contributed by atoms with Crippen LogP contribution in [0.1, 0.15) is 23.2 Å². The zero-order valence-corrected chi connectivity index (χ0v) is 16.4. The highest BCUT2D eigenvalue weighted by atomic mass is 35.5. The van der Waals surface area contributed by atoms with Crippen LogP contribution in [-0.4, -0.2) is 43.1 Å². The van der Waals surface area contributed by atoms with Crippen molar-refractivity contribution < 1.29 is 18.1 Å². The summed E-state index contributed by atoms with van der Waals surface area (Å²) in [4.78, 5) is 22.7. The minimum absolute atomic E-state index is 0.0875. The largest absolute Gasteiger partial charge is 0.376 e. The summed E-state index contributed by atoms with van der Waals surface area (Å²) < 4.78 is 26.5. The number of sulfonamides is 1. The molecule has 1 N–H and O–H groups in total. The molecular weight excluding hydrogens is 406 g/mol. The van der Waals surface area contributed by atoms with Crippen LogP contribution >= 0.6 is 11.6 Å². The Morgan fingerprint density at radius 1 is 1.14 bits per heavy atom. The van der Waals surface area contributed by atoms with E-state index in [9.17, 15) is 23.3 Å². The van der Waals surface area contributed by atoms with Crippen LogP contribution in [0.3, 0.4) is 0 Å². The number of benzene rings is 2. The maximum absolute atomic E-state index is 12.5. The van der Waals surface area contributed by atoms with E-state index in [-0.39, 0.29) is 27.9 Å². The van der Waals surface area contributed by atoms with Gasteiger partial charge in [-0.3, -0.25) is 14.9 Å². The molecule has 28 heavy (non-hydrogen) atoms. The highest BCUT2D eigenvalue weighted by Gasteiger charge is 2.27. The third kappa shape index (κ3) is 4.32. The van der Waals surface area contributed by atoms with E-state index in [0.717, 1.165) is 12.8 Å². The fourth-order valence-corrected chi connectivity index (χ4v) is 4.69. The predicted octanol–water partition coefficient (Wildman–Crippen LogP) is 3.33. The van der Waals surface area contributed by atoms with Gasteiger partial charge in [-0.25, -0.2) is 8.42 Å². The first-order valence-electron chi connectivity index (χ1n) is 8.60. The van der Waals surface area contributed by atoms with Crippen LogP contribution in [0.15, 0.2) is 47.4 Å². The van der Waals surface area contributed by atoms with Gasteiger partial charge in [-0.15, -0.1) is 0 Å². The molecule has 8 nitrogen and oxygen atoms in total. The molecular formula is C18H18ClN3O5S. The van der Waals surface area contributed by atoms with Crippen molar-refractivity contribution in [2.45, 2.75) is 17.7 Å². The van der Waals surface area contributed by atoms with Crippen LogP contribution in [0.5, 0.6) is 0 Å². The highest BCUT2D eigenvalue weighted by Crippen LogP contribution is 2.26. The summed E-state index contributed by atoms with van der Waals surface area (Å²) in [5.41, 5.74) is 0.608. The number of rotatable bonds is 7. The number of anilines is 1. The number of nitro benzene ring substituents is 1. The SMILES string of the molecule is O=C(CNc1ccc([N+](=O)[O-])cc1Cl)c1ccc(S(=O)(=O)N2CCCC2)cc1. The van der Waals surface area contributed by atoms with Gasteiger partial charge in [0, 0.05) is 30.8 Å². The molecule has 0 atom stereocenters. The molecule has 1 aliphatic heterocycles. The Bertz CT molecular complexity index is 1000. The maximum Gasteiger partial charge on any atom is 0.271 e. The van der Waals surface area contributed by atoms with Crippen LogP contribution in [0.4, 0.5) is 11.4 Å². The number of Topliss-reactive ketones (excluding diaryl/α,β-unsaturated/α-hetero) is 1. The van der Waals surface area contributed by atoms with E-state index in [4.69, 9.17) is 11.6 Å². The van der Waals surface area contributed by atoms with Gasteiger partial charge in [0.15, 0.2) is 5.78 Å². The number of ketones is 1. The van der Waals surface area contributed by atoms with E-state index < -0.39 is 14.9 Å². The lowest BCUT2D eigenvalue weighted by Gasteiger charge is -2.15. The second-order valence-corrected chi connectivity index (χ2v) is 8.68. The van der Waals surface area contributed by atoms with Gasteiger partial charge in [-0.05, 0) is 43.2 Å². The predicted molar refractivity (Wildman–Crippen MR) is 105 cm³/mol. The Hall–Kier alpha value is -2.49. The van der Waals surface area contributed by atoms with E-state index in [1.807, 2.05) is 0 Å². The standard InChI is InChI=1S/C18H18ClN3O5S/c19-16-11-14(22(24)25)5-8-17(16)20-12-18(23)13-3-6-15(7-4-13)28(26,27)21-9-1-2-10-21/h3-8,11,20H,1-2,9-10,12H2. The molecule has 0 bridgehead atoms. The van der Waals surface area contributed by atoms with Crippen molar-refractivity contribution in [1.82, 2.24) is 4.31 Å². The zero-order chi connectivity index (χ0) is 20.3. The number of non-ortho nitro benzene ring substituents is 1. The fraction of sp³-hybridized carbons (Fsp3) is 0.278. The number of halogens is 1. The number of hydrogen-bond acceptors (Lipinski definition) is 6. The lowest BCUT2D eigenvalue weighted by molar-refractivity contribution is -0.384. The molecule has 1 heterocycles. The number of carbonyl (C=O) groups excluding carboxylic acids is 1. The van der Waals surface area contributed by atoms with Gasteiger partial charge in [0.05, 0.1) is 27.1 Å². The molecule has 0 aromatic heterocycles. The summed E-state index contributed by atoms with van der Waals surface area (Å²) >= 11 is 5.99. The van der Waals surface area contributed by atoms with Crippen molar-refractivity contribution in [3.05, 3.63) is 63.2 Å². The molecule has 1 saturated heterocycles. The molecule has 1 fully saturated rings. The lowest BCUT2D eigenvalue weighted by Crippen LogP contribution is -2.27. The van der Waals surface area contributed by atoms with Gasteiger partial charge in [0.1, 0.15) is 0 Å². The number of nitrogens with one attached hydrogen (secondary N) is 1. The van der Waals surface area contributed by atoms with Crippen LogP contribution in [0, 0.1) is 10.1 Å². The average molecular weight is 424 g/mol. The Balaban J connectivity index is 1.66. The number of carbonyl (C=O) groups is 1. The number of nitro groups is 1. The topological polar surface area (TPSA) is 110 Å². The molecule has 148 valence electrons. The van der Waals surface area contributed by atoms with Crippen molar-refractivity contribution in [3.63, 3.8) is 0 Å². The first kappa shape index (κ1) is 20.2. The quantitative estimate of drug-likeness (QED) is 0.415. The molecule has 0 saturated carbocycles. The van der Waals surface area contributed by atoms with Gasteiger partial charge >= 0.3 is 0 Å². The summed E-state index contributed by atoms with van der Waals surface area (Å²) in [6.07, 6.45) is 1.71. The molecule has 1 aliphatic rings. The van der Waals surface area contributed by atoms with Gasteiger partial charge in [0.2, 0.25) is 10.0 Å². The molecule has 0 unspecified atom stereocenters. The highest BCUT2D eigenvalue weighted by molar-refractivity contribution is 7.89. The fourth-order valence-electron chi connectivity index (χ4n) is 2.93. The minimum Gasteiger partial charge on any atom is -0.376 e. The van der Waals surface area contributed by atoms with Crippen molar-refractivity contribution in [2.24, 2.45) is 0 Å². The normalized spacial score (nSPS) is 14.8. The Morgan fingerprint density at radius 2 is 1.79 bits per heavy atom. The first-order valence-corrected chi connectivity index (χ1v) is 10.4. The summed E-state index contributed by atoms with van der Waals surface area (Å²) in [7, 11) is -3.52. The van der Waals surface area contributed by atoms with E-state index in [1.165, 1.54) is 46.8 Å². The molecule has 0 spiro atoms. The Morgan fingerprint density at radius 3 is 2.36 bits per heavy atom. The molecule has 2 aromatic carbocycles. The van der Waals surface area contributed by atoms with Gasteiger partial charge in [-0.1, -0.05) is 11.6 Å². The van der Waals surface area contributed by atoms with E-state index >= 15 is 0 Å². The number of nitrogens with zero attached hydrogens (tertiary/aromatic N) is 2. The third-order valence-electron chi connectivity index (χ3n) is 4.48. The van der Waals surface area contributed by atoms with E-state index in [0.29, 0.717) is 24.3 Å². The van der Waals surface area contributed by atoms with Crippen LogP contribution in [0.2, 0.25) is 5.02 Å². The van der Waals surface area contributed by atoms with Gasteiger partial charge < -0.3 is 5.32 Å². The summed E-state index contributed by atoms with van der Waals surface area (Å²) in [6.45, 7) is 0.946. The van der Waals surface area contributed by atoms with Crippen LogP contribution in [0.25, 0.3) is 0 Å². The molecule has 0 aliphatic carbocycles. The second-order valence-electron chi connectivity index (χ2n) is 6.33. The first-order chi connectivity index (χ1) is 13.3. The van der Waals surface area contributed by atoms with Crippen LogP contribution < -0.4 is 5.32 Å². The summed E-state index contributed by atoms with van der Waals surface area (Å²) in [6, 6.07) is 9.73. The van der Waals surface area contributed by atoms with Gasteiger partial charge in [-0.2, -0.15) is 4.31 Å². The smallest absolute Gasteiger partial charge is 0.271 e. The summed E-state index contributed by atoms with van der Waals surface area (Å²) in [5, 5.41) is 13.7. The van der Waals surface area contributed by atoms with E-state index in [2.05, 4.69) is 5.32 Å². The number of hydrogen-bond donors (Lipinski definition) is 1. The van der Waals surface area contributed by atoms with Crippen molar-refractivity contribution in [1.29, 1.82) is 0 Å². The van der Waals surface area contributed by atoms with Crippen LogP contribution in [-0.2, 0) is 10.0 Å². The van der Waals surface area contributed by atoms with E-state index in [1.54, 1.807) is 0 Å².